The summed E-state index contributed by atoms with van der Waals surface area (Å²) in [6.07, 6.45) is 7.62. The standard InChI is InChI=1S/C23H30O5/c1-4-5-19(26)28-18-11-16-15-7-6-13-10-14(24)8-9-22(13,2)20(15)17(25)12-23(16,3)21(18)27/h8-10,15-18,20,25H,4-7,11-12H2,1-3H3/t15-,16-,17-,18+,20+,22-,23-/m0/s1. The van der Waals surface area contributed by atoms with E-state index in [4.69, 9.17) is 4.74 Å². The van der Waals surface area contributed by atoms with Crippen molar-refractivity contribution in [3.05, 3.63) is 23.8 Å². The highest BCUT2D eigenvalue weighted by Crippen LogP contribution is 2.63. The zero-order valence-corrected chi connectivity index (χ0v) is 16.9. The maximum Gasteiger partial charge on any atom is 0.306 e. The van der Waals surface area contributed by atoms with E-state index < -0.39 is 17.6 Å². The Balaban J connectivity index is 1.64. The predicted octanol–water partition coefficient (Wildman–Crippen LogP) is 3.16. The second kappa shape index (κ2) is 6.65. The molecular weight excluding hydrogens is 356 g/mol. The van der Waals surface area contributed by atoms with Gasteiger partial charge in [-0.05, 0) is 56.1 Å². The summed E-state index contributed by atoms with van der Waals surface area (Å²) in [6, 6.07) is 0. The molecule has 0 radical (unpaired) electrons. The van der Waals surface area contributed by atoms with Crippen molar-refractivity contribution in [3.8, 4) is 0 Å². The zero-order chi connectivity index (χ0) is 20.3. The van der Waals surface area contributed by atoms with E-state index in [2.05, 4.69) is 6.92 Å². The average molecular weight is 386 g/mol. The van der Waals surface area contributed by atoms with Crippen LogP contribution in [0.5, 0.6) is 0 Å². The topological polar surface area (TPSA) is 80.7 Å². The number of aliphatic hydroxyl groups is 1. The van der Waals surface area contributed by atoms with Gasteiger partial charge < -0.3 is 9.84 Å². The van der Waals surface area contributed by atoms with Crippen LogP contribution in [0.25, 0.3) is 0 Å². The highest BCUT2D eigenvalue weighted by atomic mass is 16.5. The molecule has 28 heavy (non-hydrogen) atoms. The SMILES string of the molecule is CCCC(=O)O[C@@H]1C[C@H]2[C@@H]3CCC4=CC(=O)C=C[C@]4(C)[C@H]3[C@@H](O)C[C@]2(C)C1=O. The minimum atomic E-state index is -0.687. The summed E-state index contributed by atoms with van der Waals surface area (Å²) in [5.41, 5.74) is 0.0975. The molecule has 3 fully saturated rings. The normalized spacial score (nSPS) is 44.4. The zero-order valence-electron chi connectivity index (χ0n) is 16.9. The van der Waals surface area contributed by atoms with Crippen LogP contribution in [0.2, 0.25) is 0 Å². The molecule has 152 valence electrons. The molecule has 5 heteroatoms. The average Bonchev–Trinajstić information content (AvgIpc) is 2.86. The minimum absolute atomic E-state index is 0.0139. The lowest BCUT2D eigenvalue weighted by Crippen LogP contribution is -2.56. The van der Waals surface area contributed by atoms with Crippen molar-refractivity contribution >= 4 is 17.5 Å². The number of carbonyl (C=O) groups excluding carboxylic acids is 3. The molecule has 0 unspecified atom stereocenters. The van der Waals surface area contributed by atoms with Crippen molar-refractivity contribution in [3.63, 3.8) is 0 Å². The number of Topliss-reactive ketones (excluding diaryl/α,β-unsaturated/α-hetero) is 1. The first-order valence-corrected chi connectivity index (χ1v) is 10.6. The van der Waals surface area contributed by atoms with Gasteiger partial charge in [-0.3, -0.25) is 14.4 Å². The first-order chi connectivity index (χ1) is 13.2. The monoisotopic (exact) mass is 386 g/mol. The van der Waals surface area contributed by atoms with Crippen LogP contribution in [0.15, 0.2) is 23.8 Å². The van der Waals surface area contributed by atoms with Crippen molar-refractivity contribution < 1.29 is 24.2 Å². The quantitative estimate of drug-likeness (QED) is 0.754. The Bertz CT molecular complexity index is 780. The maximum absolute atomic E-state index is 13.2. The fraction of sp³-hybridized carbons (Fsp3) is 0.696. The second-order valence-corrected chi connectivity index (χ2v) is 9.54. The molecule has 4 aliphatic rings. The summed E-state index contributed by atoms with van der Waals surface area (Å²) in [7, 11) is 0. The minimum Gasteiger partial charge on any atom is -0.454 e. The fourth-order valence-corrected chi connectivity index (χ4v) is 6.62. The molecule has 0 saturated heterocycles. The van der Waals surface area contributed by atoms with E-state index in [1.165, 1.54) is 0 Å². The molecule has 7 atom stereocenters. The molecule has 0 aromatic carbocycles. The number of carbonyl (C=O) groups is 3. The lowest BCUT2D eigenvalue weighted by molar-refractivity contribution is -0.157. The van der Waals surface area contributed by atoms with Gasteiger partial charge in [0, 0.05) is 23.2 Å². The molecule has 0 bridgehead atoms. The third-order valence-electron chi connectivity index (χ3n) is 7.94. The van der Waals surface area contributed by atoms with Crippen LogP contribution in [0.1, 0.15) is 59.3 Å². The van der Waals surface area contributed by atoms with Crippen LogP contribution < -0.4 is 0 Å². The number of esters is 1. The highest BCUT2D eigenvalue weighted by Gasteiger charge is 2.64. The Labute approximate surface area is 166 Å². The number of hydrogen-bond acceptors (Lipinski definition) is 5. The Hall–Kier alpha value is -1.75. The van der Waals surface area contributed by atoms with Gasteiger partial charge in [-0.1, -0.05) is 32.4 Å². The summed E-state index contributed by atoms with van der Waals surface area (Å²) in [4.78, 5) is 37.0. The molecule has 3 saturated carbocycles. The Morgan fingerprint density at radius 2 is 2.07 bits per heavy atom. The van der Waals surface area contributed by atoms with Crippen molar-refractivity contribution in [2.45, 2.75) is 71.5 Å². The van der Waals surface area contributed by atoms with E-state index in [0.29, 0.717) is 25.7 Å². The van der Waals surface area contributed by atoms with Gasteiger partial charge >= 0.3 is 5.97 Å². The van der Waals surface area contributed by atoms with Gasteiger partial charge in [-0.2, -0.15) is 0 Å². The van der Waals surface area contributed by atoms with Crippen LogP contribution in [-0.4, -0.2) is 34.9 Å². The molecule has 0 aliphatic heterocycles. The van der Waals surface area contributed by atoms with Gasteiger partial charge in [-0.15, -0.1) is 0 Å². The number of aliphatic hydroxyl groups excluding tert-OH is 1. The third kappa shape index (κ3) is 2.73. The van der Waals surface area contributed by atoms with Crippen LogP contribution in [-0.2, 0) is 19.1 Å². The Kier molecular flexibility index (Phi) is 4.65. The molecule has 5 nitrogen and oxygen atoms in total. The highest BCUT2D eigenvalue weighted by molar-refractivity contribution is 6.01. The van der Waals surface area contributed by atoms with Gasteiger partial charge in [-0.25, -0.2) is 0 Å². The largest absolute Gasteiger partial charge is 0.454 e. The molecule has 4 aliphatic carbocycles. The molecule has 4 rings (SSSR count). The summed E-state index contributed by atoms with van der Waals surface area (Å²) in [5, 5.41) is 11.2. The van der Waals surface area contributed by atoms with E-state index >= 15 is 0 Å². The summed E-state index contributed by atoms with van der Waals surface area (Å²) in [5.74, 6) is -0.0762. The second-order valence-electron chi connectivity index (χ2n) is 9.54. The van der Waals surface area contributed by atoms with Gasteiger partial charge in [0.2, 0.25) is 0 Å². The first-order valence-electron chi connectivity index (χ1n) is 10.6. The van der Waals surface area contributed by atoms with Gasteiger partial charge in [0.1, 0.15) is 0 Å². The predicted molar refractivity (Wildman–Crippen MR) is 103 cm³/mol. The van der Waals surface area contributed by atoms with Gasteiger partial charge in [0.25, 0.3) is 0 Å². The Morgan fingerprint density at radius 1 is 1.32 bits per heavy atom. The third-order valence-corrected chi connectivity index (χ3v) is 7.94. The van der Waals surface area contributed by atoms with Gasteiger partial charge in [0.15, 0.2) is 17.7 Å². The molecule has 0 heterocycles. The van der Waals surface area contributed by atoms with E-state index in [9.17, 15) is 19.5 Å². The molecule has 0 aromatic rings. The number of rotatable bonds is 3. The Morgan fingerprint density at radius 3 is 2.79 bits per heavy atom. The van der Waals surface area contributed by atoms with Crippen molar-refractivity contribution in [2.24, 2.45) is 28.6 Å². The maximum atomic E-state index is 13.2. The van der Waals surface area contributed by atoms with Crippen LogP contribution in [0.3, 0.4) is 0 Å². The number of ketones is 2. The number of fused-ring (bicyclic) bond motifs is 5. The molecule has 0 aromatic heterocycles. The van der Waals surface area contributed by atoms with Crippen molar-refractivity contribution in [2.75, 3.05) is 0 Å². The number of hydrogen-bond donors (Lipinski definition) is 1. The smallest absolute Gasteiger partial charge is 0.306 e. The van der Waals surface area contributed by atoms with Crippen molar-refractivity contribution in [1.29, 1.82) is 0 Å². The van der Waals surface area contributed by atoms with Crippen LogP contribution in [0.4, 0.5) is 0 Å². The lowest BCUT2D eigenvalue weighted by Gasteiger charge is -2.57. The molecule has 1 N–H and O–H groups in total. The summed E-state index contributed by atoms with van der Waals surface area (Å²) < 4.78 is 5.54. The number of ether oxygens (including phenoxy) is 1. The molecular formula is C23H30O5. The van der Waals surface area contributed by atoms with E-state index in [-0.39, 0.29) is 40.7 Å². The summed E-state index contributed by atoms with van der Waals surface area (Å²) in [6.45, 7) is 5.97. The fourth-order valence-electron chi connectivity index (χ4n) is 6.62. The van der Waals surface area contributed by atoms with Crippen LogP contribution in [0, 0.1) is 28.6 Å². The van der Waals surface area contributed by atoms with E-state index in [0.717, 1.165) is 18.4 Å². The lowest BCUT2D eigenvalue weighted by atomic mass is 9.47. The molecule has 0 spiro atoms. The van der Waals surface area contributed by atoms with E-state index in [1.54, 1.807) is 12.2 Å². The van der Waals surface area contributed by atoms with Gasteiger partial charge in [0.05, 0.1) is 6.10 Å². The summed E-state index contributed by atoms with van der Waals surface area (Å²) >= 11 is 0. The first kappa shape index (κ1) is 19.6. The number of allylic oxidation sites excluding steroid dienone is 4. The van der Waals surface area contributed by atoms with Crippen LogP contribution >= 0.6 is 0 Å². The molecule has 0 amide bonds. The van der Waals surface area contributed by atoms with Crippen molar-refractivity contribution in [1.82, 2.24) is 0 Å². The van der Waals surface area contributed by atoms with E-state index in [1.807, 2.05) is 19.9 Å².